The van der Waals surface area contributed by atoms with Crippen molar-refractivity contribution >= 4 is 5.91 Å². The zero-order chi connectivity index (χ0) is 16.7. The van der Waals surface area contributed by atoms with Gasteiger partial charge in [-0.05, 0) is 43.9 Å². The van der Waals surface area contributed by atoms with Crippen LogP contribution in [0.3, 0.4) is 0 Å². The van der Waals surface area contributed by atoms with Crippen LogP contribution in [0.4, 0.5) is 0 Å². The Morgan fingerprint density at radius 1 is 1.35 bits per heavy atom. The molecule has 2 rings (SSSR count). The average molecular weight is 317 g/mol. The van der Waals surface area contributed by atoms with Crippen molar-refractivity contribution in [3.05, 3.63) is 35.4 Å². The zero-order valence-electron chi connectivity index (χ0n) is 14.6. The molecule has 4 nitrogen and oxygen atoms in total. The van der Waals surface area contributed by atoms with Crippen LogP contribution in [-0.4, -0.2) is 29.4 Å². The van der Waals surface area contributed by atoms with Crippen molar-refractivity contribution < 1.29 is 4.79 Å². The van der Waals surface area contributed by atoms with E-state index in [9.17, 15) is 4.79 Å². The number of likely N-dealkylation sites (tertiary alicyclic amines) is 1. The molecule has 1 saturated heterocycles. The second-order valence-electron chi connectivity index (χ2n) is 6.70. The number of benzene rings is 1. The van der Waals surface area contributed by atoms with Gasteiger partial charge < -0.3 is 11.1 Å². The van der Waals surface area contributed by atoms with Crippen LogP contribution < -0.4 is 11.1 Å². The van der Waals surface area contributed by atoms with Gasteiger partial charge >= 0.3 is 0 Å². The third-order valence-corrected chi connectivity index (χ3v) is 4.82. The van der Waals surface area contributed by atoms with E-state index in [-0.39, 0.29) is 5.91 Å². The van der Waals surface area contributed by atoms with Crippen LogP contribution in [0, 0.1) is 0 Å². The number of carbonyl (C=O) groups is 1. The van der Waals surface area contributed by atoms with Gasteiger partial charge in [0.2, 0.25) is 5.91 Å². The van der Waals surface area contributed by atoms with Crippen molar-refractivity contribution in [2.45, 2.75) is 71.1 Å². The molecule has 1 aromatic rings. The fraction of sp³-hybridized carbons (Fsp3) is 0.632. The molecule has 1 fully saturated rings. The Morgan fingerprint density at radius 2 is 2.09 bits per heavy atom. The van der Waals surface area contributed by atoms with Crippen LogP contribution in [0.2, 0.25) is 0 Å². The number of amides is 1. The van der Waals surface area contributed by atoms with Crippen LogP contribution in [-0.2, 0) is 17.9 Å². The summed E-state index contributed by atoms with van der Waals surface area (Å²) in [5.41, 5.74) is 8.38. The minimum atomic E-state index is -0.394. The van der Waals surface area contributed by atoms with E-state index in [0.29, 0.717) is 12.6 Å². The molecule has 0 bridgehead atoms. The number of hydrogen-bond acceptors (Lipinski definition) is 3. The van der Waals surface area contributed by atoms with Crippen LogP contribution in [0.15, 0.2) is 24.3 Å². The molecule has 0 aromatic heterocycles. The minimum absolute atomic E-state index is 0.0482. The van der Waals surface area contributed by atoms with E-state index in [1.807, 2.05) is 13.0 Å². The van der Waals surface area contributed by atoms with Gasteiger partial charge in [0.25, 0.3) is 0 Å². The highest BCUT2D eigenvalue weighted by molar-refractivity contribution is 5.81. The van der Waals surface area contributed by atoms with Crippen molar-refractivity contribution in [3.63, 3.8) is 0 Å². The van der Waals surface area contributed by atoms with E-state index >= 15 is 0 Å². The van der Waals surface area contributed by atoms with Crippen LogP contribution in [0.25, 0.3) is 0 Å². The maximum absolute atomic E-state index is 12.0. The first-order valence-electron chi connectivity index (χ1n) is 8.96. The summed E-state index contributed by atoms with van der Waals surface area (Å²) in [6.45, 7) is 7.06. The Balaban J connectivity index is 1.96. The Labute approximate surface area is 140 Å². The predicted octanol–water partition coefficient (Wildman–Crippen LogP) is 2.80. The summed E-state index contributed by atoms with van der Waals surface area (Å²) in [5.74, 6) is -0.0482. The van der Waals surface area contributed by atoms with Gasteiger partial charge in [-0.3, -0.25) is 9.69 Å². The highest BCUT2D eigenvalue weighted by Crippen LogP contribution is 2.20. The topological polar surface area (TPSA) is 58.4 Å². The lowest BCUT2D eigenvalue weighted by atomic mass is 10.0. The first-order valence-corrected chi connectivity index (χ1v) is 8.96. The molecule has 128 valence electrons. The predicted molar refractivity (Wildman–Crippen MR) is 94.9 cm³/mol. The van der Waals surface area contributed by atoms with Crippen molar-refractivity contribution in [3.8, 4) is 0 Å². The molecule has 0 radical (unpaired) electrons. The van der Waals surface area contributed by atoms with Gasteiger partial charge in [0.15, 0.2) is 0 Å². The molecule has 0 spiro atoms. The molecule has 2 unspecified atom stereocenters. The van der Waals surface area contributed by atoms with Gasteiger partial charge in [-0.25, -0.2) is 0 Å². The number of piperidine rings is 1. The van der Waals surface area contributed by atoms with Gasteiger partial charge in [0.1, 0.15) is 0 Å². The molecule has 1 heterocycles. The van der Waals surface area contributed by atoms with Gasteiger partial charge in [0, 0.05) is 19.1 Å². The van der Waals surface area contributed by atoms with E-state index in [4.69, 9.17) is 5.73 Å². The van der Waals surface area contributed by atoms with Crippen LogP contribution in [0.5, 0.6) is 0 Å². The van der Waals surface area contributed by atoms with Gasteiger partial charge in [-0.2, -0.15) is 0 Å². The molecule has 0 aliphatic carbocycles. The maximum Gasteiger partial charge on any atom is 0.237 e. The molecular formula is C19H31N3O. The SMILES string of the molecule is CCCC(N)C(=O)NCc1ccccc1CN1CCCCC1C. The standard InChI is InChI=1S/C19H31N3O/c1-3-8-18(20)19(23)21-13-16-10-4-5-11-17(16)14-22-12-7-6-9-15(22)2/h4-5,10-11,15,18H,3,6-9,12-14,20H2,1-2H3,(H,21,23). The molecular weight excluding hydrogens is 286 g/mol. The second kappa shape index (κ2) is 9.04. The van der Waals surface area contributed by atoms with E-state index in [2.05, 4.69) is 35.3 Å². The third-order valence-electron chi connectivity index (χ3n) is 4.82. The molecule has 23 heavy (non-hydrogen) atoms. The Kier molecular flexibility index (Phi) is 7.06. The molecule has 1 aliphatic rings. The minimum Gasteiger partial charge on any atom is -0.351 e. The first kappa shape index (κ1) is 18.0. The van der Waals surface area contributed by atoms with Gasteiger partial charge in [-0.15, -0.1) is 0 Å². The molecule has 4 heteroatoms. The lowest BCUT2D eigenvalue weighted by Gasteiger charge is -2.33. The van der Waals surface area contributed by atoms with E-state index in [0.717, 1.165) is 19.4 Å². The molecule has 0 saturated carbocycles. The van der Waals surface area contributed by atoms with Crippen molar-refractivity contribution in [1.29, 1.82) is 0 Å². The van der Waals surface area contributed by atoms with Crippen molar-refractivity contribution in [2.24, 2.45) is 5.73 Å². The monoisotopic (exact) mass is 317 g/mol. The summed E-state index contributed by atoms with van der Waals surface area (Å²) in [5, 5.41) is 2.99. The summed E-state index contributed by atoms with van der Waals surface area (Å²) in [6.07, 6.45) is 5.57. The number of nitrogens with two attached hydrogens (primary N) is 1. The van der Waals surface area contributed by atoms with Gasteiger partial charge in [0.05, 0.1) is 6.04 Å². The number of nitrogens with one attached hydrogen (secondary N) is 1. The normalized spacial score (nSPS) is 20.2. The Hall–Kier alpha value is -1.39. The highest BCUT2D eigenvalue weighted by atomic mass is 16.2. The quantitative estimate of drug-likeness (QED) is 0.813. The molecule has 1 aromatic carbocycles. The lowest BCUT2D eigenvalue weighted by Crippen LogP contribution is -2.40. The fourth-order valence-electron chi connectivity index (χ4n) is 3.25. The molecule has 1 aliphatic heterocycles. The lowest BCUT2D eigenvalue weighted by molar-refractivity contribution is -0.122. The summed E-state index contributed by atoms with van der Waals surface area (Å²) in [6, 6.07) is 8.65. The largest absolute Gasteiger partial charge is 0.351 e. The van der Waals surface area contributed by atoms with E-state index in [1.54, 1.807) is 0 Å². The molecule has 3 N–H and O–H groups in total. The average Bonchev–Trinajstić information content (AvgIpc) is 2.56. The molecule has 1 amide bonds. The first-order chi connectivity index (χ1) is 11.1. The van der Waals surface area contributed by atoms with Crippen LogP contribution in [0.1, 0.15) is 57.1 Å². The molecule has 2 atom stereocenters. The smallest absolute Gasteiger partial charge is 0.237 e. The Morgan fingerprint density at radius 3 is 2.78 bits per heavy atom. The second-order valence-corrected chi connectivity index (χ2v) is 6.70. The highest BCUT2D eigenvalue weighted by Gasteiger charge is 2.19. The maximum atomic E-state index is 12.0. The fourth-order valence-corrected chi connectivity index (χ4v) is 3.25. The zero-order valence-corrected chi connectivity index (χ0v) is 14.6. The van der Waals surface area contributed by atoms with Crippen molar-refractivity contribution in [2.75, 3.05) is 6.54 Å². The summed E-state index contributed by atoms with van der Waals surface area (Å²) in [4.78, 5) is 14.6. The van der Waals surface area contributed by atoms with E-state index in [1.165, 1.54) is 36.9 Å². The number of hydrogen-bond donors (Lipinski definition) is 2. The number of carbonyl (C=O) groups excluding carboxylic acids is 1. The number of nitrogens with zero attached hydrogens (tertiary/aromatic N) is 1. The summed E-state index contributed by atoms with van der Waals surface area (Å²) < 4.78 is 0. The number of rotatable bonds is 7. The van der Waals surface area contributed by atoms with E-state index < -0.39 is 6.04 Å². The van der Waals surface area contributed by atoms with Crippen molar-refractivity contribution in [1.82, 2.24) is 10.2 Å². The third kappa shape index (κ3) is 5.33. The van der Waals surface area contributed by atoms with Crippen LogP contribution >= 0.6 is 0 Å². The summed E-state index contributed by atoms with van der Waals surface area (Å²) >= 11 is 0. The van der Waals surface area contributed by atoms with Gasteiger partial charge in [-0.1, -0.05) is 44.0 Å². The Bertz CT molecular complexity index is 503. The summed E-state index contributed by atoms with van der Waals surface area (Å²) in [7, 11) is 0.